The van der Waals surface area contributed by atoms with Gasteiger partial charge >= 0.3 is 0 Å². The fourth-order valence-electron chi connectivity index (χ4n) is 3.38. The van der Waals surface area contributed by atoms with E-state index in [9.17, 15) is 4.79 Å². The maximum absolute atomic E-state index is 12.8. The van der Waals surface area contributed by atoms with Crippen molar-refractivity contribution in [3.05, 3.63) is 22.4 Å². The SMILES string of the molecule is CCCC1CC1N1C(=O)C(C(C)C)NC1c1ccsc1. The fourth-order valence-corrected chi connectivity index (χ4v) is 4.06. The van der Waals surface area contributed by atoms with Crippen molar-refractivity contribution in [3.8, 4) is 0 Å². The van der Waals surface area contributed by atoms with Gasteiger partial charge in [-0.15, -0.1) is 0 Å². The van der Waals surface area contributed by atoms with Crippen LogP contribution >= 0.6 is 11.3 Å². The van der Waals surface area contributed by atoms with Crippen molar-refractivity contribution in [2.24, 2.45) is 11.8 Å². The van der Waals surface area contributed by atoms with Gasteiger partial charge in [0.25, 0.3) is 0 Å². The molecule has 20 heavy (non-hydrogen) atoms. The number of amides is 1. The minimum absolute atomic E-state index is 0.0252. The molecule has 1 N–H and O–H groups in total. The number of rotatable bonds is 5. The molecule has 0 radical (unpaired) electrons. The Morgan fingerprint density at radius 3 is 2.90 bits per heavy atom. The van der Waals surface area contributed by atoms with E-state index in [2.05, 4.69) is 47.8 Å². The third kappa shape index (κ3) is 2.40. The molecule has 1 aliphatic heterocycles. The molecule has 1 aromatic rings. The van der Waals surface area contributed by atoms with Gasteiger partial charge in [0.15, 0.2) is 0 Å². The molecule has 0 bridgehead atoms. The Hall–Kier alpha value is -0.870. The summed E-state index contributed by atoms with van der Waals surface area (Å²) in [6.07, 6.45) is 3.74. The molecular formula is C16H24N2OS. The Morgan fingerprint density at radius 2 is 2.30 bits per heavy atom. The summed E-state index contributed by atoms with van der Waals surface area (Å²) in [6, 6.07) is 2.58. The molecule has 2 fully saturated rings. The monoisotopic (exact) mass is 292 g/mol. The summed E-state index contributed by atoms with van der Waals surface area (Å²) in [7, 11) is 0. The van der Waals surface area contributed by atoms with Crippen LogP contribution in [0.15, 0.2) is 16.8 Å². The van der Waals surface area contributed by atoms with E-state index in [0.717, 1.165) is 5.92 Å². The van der Waals surface area contributed by atoms with E-state index in [1.54, 1.807) is 11.3 Å². The molecule has 1 aliphatic carbocycles. The molecule has 1 saturated carbocycles. The molecule has 4 atom stereocenters. The highest BCUT2D eigenvalue weighted by Gasteiger charge is 2.51. The normalized spacial score (nSPS) is 33.2. The summed E-state index contributed by atoms with van der Waals surface area (Å²) in [4.78, 5) is 14.9. The Labute approximate surface area is 125 Å². The lowest BCUT2D eigenvalue weighted by Crippen LogP contribution is -2.36. The number of thiophene rings is 1. The van der Waals surface area contributed by atoms with E-state index in [1.807, 2.05) is 0 Å². The van der Waals surface area contributed by atoms with Crippen molar-refractivity contribution in [2.75, 3.05) is 0 Å². The number of hydrogen-bond donors (Lipinski definition) is 1. The van der Waals surface area contributed by atoms with Gasteiger partial charge in [0.05, 0.1) is 6.04 Å². The second kappa shape index (κ2) is 5.49. The second-order valence-electron chi connectivity index (χ2n) is 6.44. The first-order valence-electron chi connectivity index (χ1n) is 7.73. The lowest BCUT2D eigenvalue weighted by atomic mass is 10.0. The lowest BCUT2D eigenvalue weighted by Gasteiger charge is -2.24. The number of nitrogens with one attached hydrogen (secondary N) is 1. The lowest BCUT2D eigenvalue weighted by molar-refractivity contribution is -0.131. The topological polar surface area (TPSA) is 32.3 Å². The van der Waals surface area contributed by atoms with Crippen LogP contribution < -0.4 is 5.32 Å². The van der Waals surface area contributed by atoms with Crippen LogP contribution in [0.5, 0.6) is 0 Å². The van der Waals surface area contributed by atoms with Crippen LogP contribution in [0, 0.1) is 11.8 Å². The molecule has 2 heterocycles. The predicted molar refractivity (Wildman–Crippen MR) is 82.5 cm³/mol. The van der Waals surface area contributed by atoms with Gasteiger partial charge in [-0.25, -0.2) is 0 Å². The molecule has 0 aromatic carbocycles. The standard InChI is InChI=1S/C16H24N2OS/c1-4-5-11-8-13(11)18-15(12-6-7-20-9-12)17-14(10(2)3)16(18)19/h6-7,9-11,13-15,17H,4-5,8H2,1-3H3. The second-order valence-corrected chi connectivity index (χ2v) is 7.22. The molecule has 4 unspecified atom stereocenters. The first-order chi connectivity index (χ1) is 9.63. The van der Waals surface area contributed by atoms with Crippen molar-refractivity contribution in [2.45, 2.75) is 58.3 Å². The molecule has 0 spiro atoms. The van der Waals surface area contributed by atoms with Gasteiger partial charge in [-0.2, -0.15) is 11.3 Å². The molecule has 1 saturated heterocycles. The summed E-state index contributed by atoms with van der Waals surface area (Å²) in [5, 5.41) is 7.82. The quantitative estimate of drug-likeness (QED) is 0.902. The zero-order valence-electron chi connectivity index (χ0n) is 12.5. The number of nitrogens with zero attached hydrogens (tertiary/aromatic N) is 1. The van der Waals surface area contributed by atoms with E-state index in [-0.39, 0.29) is 12.2 Å². The van der Waals surface area contributed by atoms with Gasteiger partial charge in [-0.05, 0) is 47.1 Å². The van der Waals surface area contributed by atoms with Crippen LogP contribution in [0.3, 0.4) is 0 Å². The van der Waals surface area contributed by atoms with E-state index < -0.39 is 0 Å². The average molecular weight is 292 g/mol. The molecule has 3 nitrogen and oxygen atoms in total. The van der Waals surface area contributed by atoms with Crippen LogP contribution in [0.2, 0.25) is 0 Å². The van der Waals surface area contributed by atoms with Crippen molar-refractivity contribution < 1.29 is 4.79 Å². The summed E-state index contributed by atoms with van der Waals surface area (Å²) >= 11 is 1.70. The number of carbonyl (C=O) groups excluding carboxylic acids is 1. The van der Waals surface area contributed by atoms with Crippen molar-refractivity contribution >= 4 is 17.2 Å². The van der Waals surface area contributed by atoms with Crippen molar-refractivity contribution in [1.29, 1.82) is 0 Å². The Kier molecular flexibility index (Phi) is 3.87. The van der Waals surface area contributed by atoms with E-state index in [1.165, 1.54) is 24.8 Å². The summed E-state index contributed by atoms with van der Waals surface area (Å²) in [6.45, 7) is 6.48. The van der Waals surface area contributed by atoms with Crippen LogP contribution in [0.1, 0.15) is 51.8 Å². The van der Waals surface area contributed by atoms with Gasteiger partial charge in [0.2, 0.25) is 5.91 Å². The van der Waals surface area contributed by atoms with Gasteiger partial charge in [-0.3, -0.25) is 10.1 Å². The number of carbonyl (C=O) groups is 1. The third-order valence-electron chi connectivity index (χ3n) is 4.56. The zero-order valence-corrected chi connectivity index (χ0v) is 13.3. The zero-order chi connectivity index (χ0) is 14.3. The molecular weight excluding hydrogens is 268 g/mol. The highest BCUT2D eigenvalue weighted by atomic mass is 32.1. The smallest absolute Gasteiger partial charge is 0.241 e. The van der Waals surface area contributed by atoms with Gasteiger partial charge in [0, 0.05) is 6.04 Å². The van der Waals surface area contributed by atoms with E-state index >= 15 is 0 Å². The maximum atomic E-state index is 12.8. The van der Waals surface area contributed by atoms with Gasteiger partial charge in [-0.1, -0.05) is 27.2 Å². The minimum atomic E-state index is -0.0252. The molecule has 1 amide bonds. The van der Waals surface area contributed by atoms with Crippen molar-refractivity contribution in [3.63, 3.8) is 0 Å². The first kappa shape index (κ1) is 14.1. The van der Waals surface area contributed by atoms with Crippen LogP contribution in [0.25, 0.3) is 0 Å². The number of hydrogen-bond acceptors (Lipinski definition) is 3. The molecule has 2 aliphatic rings. The fraction of sp³-hybridized carbons (Fsp3) is 0.688. The van der Waals surface area contributed by atoms with Crippen LogP contribution in [-0.4, -0.2) is 22.9 Å². The summed E-state index contributed by atoms with van der Waals surface area (Å²) in [5.74, 6) is 1.37. The minimum Gasteiger partial charge on any atom is -0.318 e. The van der Waals surface area contributed by atoms with Crippen LogP contribution in [-0.2, 0) is 4.79 Å². The Balaban J connectivity index is 1.82. The maximum Gasteiger partial charge on any atom is 0.241 e. The Bertz CT molecular complexity index is 471. The van der Waals surface area contributed by atoms with Gasteiger partial charge < -0.3 is 4.90 Å². The largest absolute Gasteiger partial charge is 0.318 e. The Morgan fingerprint density at radius 1 is 1.50 bits per heavy atom. The molecule has 110 valence electrons. The third-order valence-corrected chi connectivity index (χ3v) is 5.27. The highest BCUT2D eigenvalue weighted by Crippen LogP contribution is 2.45. The predicted octanol–water partition coefficient (Wildman–Crippen LogP) is 3.39. The van der Waals surface area contributed by atoms with Crippen molar-refractivity contribution in [1.82, 2.24) is 10.2 Å². The first-order valence-corrected chi connectivity index (χ1v) is 8.68. The molecule has 3 rings (SSSR count). The molecule has 1 aromatic heterocycles. The molecule has 4 heteroatoms. The average Bonchev–Trinajstić information content (AvgIpc) is 2.86. The van der Waals surface area contributed by atoms with E-state index in [0.29, 0.717) is 17.9 Å². The van der Waals surface area contributed by atoms with Gasteiger partial charge in [0.1, 0.15) is 6.17 Å². The van der Waals surface area contributed by atoms with Crippen LogP contribution in [0.4, 0.5) is 0 Å². The highest BCUT2D eigenvalue weighted by molar-refractivity contribution is 7.07. The summed E-state index contributed by atoms with van der Waals surface area (Å²) < 4.78 is 0. The van der Waals surface area contributed by atoms with E-state index in [4.69, 9.17) is 0 Å². The summed E-state index contributed by atoms with van der Waals surface area (Å²) in [5.41, 5.74) is 1.24.